The van der Waals surface area contributed by atoms with Gasteiger partial charge >= 0.3 is 0 Å². The Kier molecular flexibility index (Phi) is 4.30. The Hall–Kier alpha value is -2.14. The molecule has 0 aliphatic heterocycles. The van der Waals surface area contributed by atoms with E-state index in [1.54, 1.807) is 26.3 Å². The number of hydrogen-bond donors (Lipinski definition) is 1. The lowest BCUT2D eigenvalue weighted by molar-refractivity contribution is 0.415. The molecule has 1 heterocycles. The first-order valence-electron chi connectivity index (χ1n) is 5.61. The zero-order chi connectivity index (χ0) is 13.7. The van der Waals surface area contributed by atoms with Crippen molar-refractivity contribution in [3.8, 4) is 5.75 Å². The van der Waals surface area contributed by atoms with Gasteiger partial charge < -0.3 is 4.74 Å². The monoisotopic (exact) mass is 276 g/mol. The lowest BCUT2D eigenvalue weighted by Crippen LogP contribution is -1.97. The lowest BCUT2D eigenvalue weighted by atomic mass is 10.2. The third kappa shape index (κ3) is 3.93. The summed E-state index contributed by atoms with van der Waals surface area (Å²) in [6, 6.07) is 9.16. The number of aryl methyl sites for hydroxylation is 1. The highest BCUT2D eigenvalue weighted by atomic mass is 35.5. The van der Waals surface area contributed by atoms with Crippen molar-refractivity contribution in [2.24, 2.45) is 5.10 Å². The van der Waals surface area contributed by atoms with Gasteiger partial charge in [-0.25, -0.2) is 9.97 Å². The van der Waals surface area contributed by atoms with Crippen molar-refractivity contribution in [3.63, 3.8) is 0 Å². The predicted octanol–water partition coefficient (Wildman–Crippen LogP) is 2.89. The summed E-state index contributed by atoms with van der Waals surface area (Å²) in [6.07, 6.45) is 1.69. The molecular weight excluding hydrogens is 264 g/mol. The molecule has 0 aliphatic rings. The van der Waals surface area contributed by atoms with Gasteiger partial charge in [0.2, 0.25) is 0 Å². The second-order valence-corrected chi connectivity index (χ2v) is 4.15. The van der Waals surface area contributed by atoms with Gasteiger partial charge in [-0.1, -0.05) is 11.6 Å². The van der Waals surface area contributed by atoms with Crippen molar-refractivity contribution in [3.05, 3.63) is 46.9 Å². The molecule has 2 rings (SSSR count). The van der Waals surface area contributed by atoms with Gasteiger partial charge in [0.25, 0.3) is 0 Å². The van der Waals surface area contributed by atoms with E-state index in [-0.39, 0.29) is 0 Å². The van der Waals surface area contributed by atoms with Crippen molar-refractivity contribution < 1.29 is 4.74 Å². The molecular formula is C13H13ClN4O. The maximum atomic E-state index is 5.82. The van der Waals surface area contributed by atoms with Gasteiger partial charge in [0.15, 0.2) is 5.82 Å². The van der Waals surface area contributed by atoms with Crippen molar-refractivity contribution in [1.82, 2.24) is 9.97 Å². The molecule has 0 fully saturated rings. The van der Waals surface area contributed by atoms with Crippen LogP contribution in [0.25, 0.3) is 0 Å². The average molecular weight is 277 g/mol. The molecule has 1 aromatic carbocycles. The van der Waals surface area contributed by atoms with Crippen LogP contribution >= 0.6 is 11.6 Å². The van der Waals surface area contributed by atoms with Gasteiger partial charge in [-0.2, -0.15) is 5.10 Å². The highest BCUT2D eigenvalue weighted by molar-refractivity contribution is 6.29. The first-order valence-corrected chi connectivity index (χ1v) is 5.99. The SMILES string of the molecule is COc1ccc(C=NNc2cc(Cl)nc(C)n2)cc1. The fraction of sp³-hybridized carbons (Fsp3) is 0.154. The van der Waals surface area contributed by atoms with E-state index in [2.05, 4.69) is 20.5 Å². The van der Waals surface area contributed by atoms with Gasteiger partial charge in [-0.3, -0.25) is 5.43 Å². The van der Waals surface area contributed by atoms with Crippen molar-refractivity contribution in [2.75, 3.05) is 12.5 Å². The zero-order valence-electron chi connectivity index (χ0n) is 10.6. The van der Waals surface area contributed by atoms with E-state index in [0.717, 1.165) is 11.3 Å². The maximum absolute atomic E-state index is 5.82. The molecule has 0 spiro atoms. The summed E-state index contributed by atoms with van der Waals surface area (Å²) < 4.78 is 5.08. The number of nitrogens with zero attached hydrogens (tertiary/aromatic N) is 3. The number of rotatable bonds is 4. The molecule has 0 saturated carbocycles. The summed E-state index contributed by atoms with van der Waals surface area (Å²) in [5.74, 6) is 1.96. The van der Waals surface area contributed by atoms with E-state index in [0.29, 0.717) is 16.8 Å². The van der Waals surface area contributed by atoms with Crippen LogP contribution < -0.4 is 10.2 Å². The minimum atomic E-state index is 0.384. The van der Waals surface area contributed by atoms with Crippen LogP contribution in [0, 0.1) is 6.92 Å². The Morgan fingerprint density at radius 3 is 2.63 bits per heavy atom. The summed E-state index contributed by atoms with van der Waals surface area (Å²) in [5.41, 5.74) is 3.76. The third-order valence-electron chi connectivity index (χ3n) is 2.32. The van der Waals surface area contributed by atoms with Gasteiger partial charge in [0.05, 0.1) is 13.3 Å². The smallest absolute Gasteiger partial charge is 0.151 e. The Labute approximate surface area is 116 Å². The minimum absolute atomic E-state index is 0.384. The summed E-state index contributed by atoms with van der Waals surface area (Å²) in [6.45, 7) is 1.77. The summed E-state index contributed by atoms with van der Waals surface area (Å²) in [4.78, 5) is 8.12. The Balaban J connectivity index is 2.02. The average Bonchev–Trinajstić information content (AvgIpc) is 2.38. The van der Waals surface area contributed by atoms with Crippen molar-refractivity contribution >= 4 is 23.6 Å². The van der Waals surface area contributed by atoms with Crippen LogP contribution in [0.2, 0.25) is 5.15 Å². The topological polar surface area (TPSA) is 59.4 Å². The molecule has 0 amide bonds. The van der Waals surface area contributed by atoms with Crippen LogP contribution in [-0.2, 0) is 0 Å². The summed E-state index contributed by atoms with van der Waals surface area (Å²) in [5, 5.41) is 4.47. The standard InChI is InChI=1S/C13H13ClN4O/c1-9-16-12(14)7-13(17-9)18-15-8-10-3-5-11(19-2)6-4-10/h3-8H,1-2H3,(H,16,17,18). The number of hydrazone groups is 1. The van der Waals surface area contributed by atoms with Crippen LogP contribution in [0.15, 0.2) is 35.4 Å². The number of halogens is 1. The molecule has 6 heteroatoms. The molecule has 1 N–H and O–H groups in total. The molecule has 1 aromatic heterocycles. The van der Waals surface area contributed by atoms with E-state index in [9.17, 15) is 0 Å². The third-order valence-corrected chi connectivity index (χ3v) is 2.51. The number of nitrogens with one attached hydrogen (secondary N) is 1. The quantitative estimate of drug-likeness (QED) is 0.530. The van der Waals surface area contributed by atoms with Crippen LogP contribution in [0.3, 0.4) is 0 Å². The summed E-state index contributed by atoms with van der Waals surface area (Å²) in [7, 11) is 1.63. The number of hydrogen-bond acceptors (Lipinski definition) is 5. The first-order chi connectivity index (χ1) is 9.17. The Morgan fingerprint density at radius 2 is 2.00 bits per heavy atom. The largest absolute Gasteiger partial charge is 0.497 e. The van der Waals surface area contributed by atoms with Gasteiger partial charge in [-0.15, -0.1) is 0 Å². The predicted molar refractivity (Wildman–Crippen MR) is 76.0 cm³/mol. The maximum Gasteiger partial charge on any atom is 0.151 e. The first kappa shape index (κ1) is 13.3. The highest BCUT2D eigenvalue weighted by Crippen LogP contribution is 2.12. The van der Waals surface area contributed by atoms with Gasteiger partial charge in [0, 0.05) is 6.07 Å². The highest BCUT2D eigenvalue weighted by Gasteiger charge is 1.97. The fourth-order valence-electron chi connectivity index (χ4n) is 1.45. The van der Waals surface area contributed by atoms with E-state index in [1.165, 1.54) is 0 Å². The normalized spacial score (nSPS) is 10.7. The molecule has 0 unspecified atom stereocenters. The molecule has 0 atom stereocenters. The molecule has 0 bridgehead atoms. The van der Waals surface area contributed by atoms with Crippen molar-refractivity contribution in [2.45, 2.75) is 6.92 Å². The van der Waals surface area contributed by atoms with Gasteiger partial charge in [0.1, 0.15) is 16.7 Å². The molecule has 19 heavy (non-hydrogen) atoms. The molecule has 0 aliphatic carbocycles. The zero-order valence-corrected chi connectivity index (χ0v) is 11.3. The lowest BCUT2D eigenvalue weighted by Gasteiger charge is -2.01. The molecule has 0 radical (unpaired) electrons. The Bertz CT molecular complexity index is 563. The number of anilines is 1. The minimum Gasteiger partial charge on any atom is -0.497 e. The molecule has 98 valence electrons. The van der Waals surface area contributed by atoms with Crippen molar-refractivity contribution in [1.29, 1.82) is 0 Å². The van der Waals surface area contributed by atoms with E-state index in [4.69, 9.17) is 16.3 Å². The second-order valence-electron chi connectivity index (χ2n) is 3.77. The van der Waals surface area contributed by atoms with E-state index >= 15 is 0 Å². The van der Waals surface area contributed by atoms with Crippen LogP contribution in [0.4, 0.5) is 5.82 Å². The number of aromatic nitrogens is 2. The van der Waals surface area contributed by atoms with Gasteiger partial charge in [-0.05, 0) is 36.8 Å². The number of benzene rings is 1. The number of ether oxygens (including phenoxy) is 1. The van der Waals surface area contributed by atoms with Crippen LogP contribution in [0.5, 0.6) is 5.75 Å². The van der Waals surface area contributed by atoms with E-state index in [1.807, 2.05) is 24.3 Å². The fourth-order valence-corrected chi connectivity index (χ4v) is 1.68. The molecule has 5 nitrogen and oxygen atoms in total. The molecule has 0 saturated heterocycles. The summed E-state index contributed by atoms with van der Waals surface area (Å²) >= 11 is 5.82. The second kappa shape index (κ2) is 6.15. The van der Waals surface area contributed by atoms with Crippen LogP contribution in [0.1, 0.15) is 11.4 Å². The van der Waals surface area contributed by atoms with Crippen LogP contribution in [-0.4, -0.2) is 23.3 Å². The molecule has 2 aromatic rings. The Morgan fingerprint density at radius 1 is 1.26 bits per heavy atom. The number of methoxy groups -OCH3 is 1. The van der Waals surface area contributed by atoms with E-state index < -0.39 is 0 Å².